The molecule has 5 heteroatoms. The molecule has 2 aliphatic rings. The molecule has 0 aromatic carbocycles. The van der Waals surface area contributed by atoms with Crippen LogP contribution in [-0.4, -0.2) is 41.5 Å². The summed E-state index contributed by atoms with van der Waals surface area (Å²) in [5, 5.41) is 0. The van der Waals surface area contributed by atoms with Crippen LogP contribution in [-0.2, 0) is 4.74 Å². The summed E-state index contributed by atoms with van der Waals surface area (Å²) in [4.78, 5) is 13.8. The van der Waals surface area contributed by atoms with Crippen molar-refractivity contribution in [2.45, 2.75) is 90.4 Å². The second kappa shape index (κ2) is 8.79. The summed E-state index contributed by atoms with van der Waals surface area (Å²) in [6.45, 7) is 14.1. The van der Waals surface area contributed by atoms with Crippen LogP contribution in [0, 0.1) is 5.41 Å². The Morgan fingerprint density at radius 1 is 1.00 bits per heavy atom. The quantitative estimate of drug-likeness (QED) is 0.652. The van der Waals surface area contributed by atoms with Crippen LogP contribution in [0.4, 0.5) is 4.79 Å². The lowest BCUT2D eigenvalue weighted by molar-refractivity contribution is 0.0107. The molecule has 4 nitrogen and oxygen atoms in total. The number of carbonyl (C=O) groups is 1. The van der Waals surface area contributed by atoms with Gasteiger partial charge in [-0.1, -0.05) is 24.8 Å². The summed E-state index contributed by atoms with van der Waals surface area (Å²) in [7, 11) is 1.94. The Kier molecular flexibility index (Phi) is 7.92. The third-order valence-electron chi connectivity index (χ3n) is 4.55. The minimum atomic E-state index is -0.375. The molecule has 2 fully saturated rings. The van der Waals surface area contributed by atoms with E-state index in [1.54, 1.807) is 11.9 Å². The van der Waals surface area contributed by atoms with Crippen molar-refractivity contribution in [3.8, 4) is 0 Å². The molecule has 1 heterocycles. The molecule has 1 aliphatic carbocycles. The maximum absolute atomic E-state index is 11.9. The monoisotopic (exact) mass is 358 g/mol. The number of rotatable bonds is 1. The molecule has 24 heavy (non-hydrogen) atoms. The van der Waals surface area contributed by atoms with Crippen LogP contribution < -0.4 is 4.72 Å². The third-order valence-corrected chi connectivity index (χ3v) is 5.36. The first-order chi connectivity index (χ1) is 11.0. The normalized spacial score (nSPS) is 20.5. The Morgan fingerprint density at radius 2 is 1.50 bits per heavy atom. The number of amides is 1. The van der Waals surface area contributed by atoms with Crippen LogP contribution in [0.3, 0.4) is 0 Å². The summed E-state index contributed by atoms with van der Waals surface area (Å²) in [5.74, 6) is 0. The topological polar surface area (TPSA) is 41.6 Å². The van der Waals surface area contributed by atoms with Crippen LogP contribution in [0.5, 0.6) is 0 Å². The van der Waals surface area contributed by atoms with E-state index in [2.05, 4.69) is 25.5 Å². The highest BCUT2D eigenvalue weighted by Gasteiger charge is 2.38. The van der Waals surface area contributed by atoms with Crippen molar-refractivity contribution in [1.29, 1.82) is 0 Å². The number of piperidine rings is 1. The molecule has 0 aromatic heterocycles. The van der Waals surface area contributed by atoms with Gasteiger partial charge >= 0.3 is 6.09 Å². The highest BCUT2D eigenvalue weighted by molar-refractivity contribution is 7.98. The van der Waals surface area contributed by atoms with Gasteiger partial charge in [0.1, 0.15) is 5.60 Å². The van der Waals surface area contributed by atoms with Crippen LogP contribution in [0.1, 0.15) is 80.1 Å². The van der Waals surface area contributed by atoms with Gasteiger partial charge in [0.25, 0.3) is 0 Å². The van der Waals surface area contributed by atoms with Crippen molar-refractivity contribution >= 4 is 18.0 Å². The van der Waals surface area contributed by atoms with E-state index in [0.29, 0.717) is 10.2 Å². The summed E-state index contributed by atoms with van der Waals surface area (Å²) in [5.41, 5.74) is 0.193. The van der Waals surface area contributed by atoms with E-state index in [1.807, 2.05) is 32.7 Å². The van der Waals surface area contributed by atoms with Gasteiger partial charge in [0.15, 0.2) is 0 Å². The number of likely N-dealkylation sites (tertiary alicyclic amines) is 1. The SMILES string of the molecule is CC(C)(C)OC(=O)N1CCC2(CCCC2)CC1.CNSC(C)(C)C. The molecule has 142 valence electrons. The van der Waals surface area contributed by atoms with Gasteiger partial charge in [-0.2, -0.15) is 0 Å². The Hall–Kier alpha value is -0.420. The van der Waals surface area contributed by atoms with E-state index < -0.39 is 0 Å². The molecule has 0 aromatic rings. The smallest absolute Gasteiger partial charge is 0.410 e. The molecule has 2 rings (SSSR count). The van der Waals surface area contributed by atoms with E-state index >= 15 is 0 Å². The molecule has 0 unspecified atom stereocenters. The van der Waals surface area contributed by atoms with E-state index in [4.69, 9.17) is 4.74 Å². The predicted molar refractivity (Wildman–Crippen MR) is 104 cm³/mol. The largest absolute Gasteiger partial charge is 0.444 e. The van der Waals surface area contributed by atoms with Crippen LogP contribution in [0.15, 0.2) is 0 Å². The molecule has 0 radical (unpaired) electrons. The Balaban J connectivity index is 0.000000351. The molecular weight excluding hydrogens is 320 g/mol. The lowest BCUT2D eigenvalue weighted by atomic mass is 9.77. The Labute approximate surface area is 153 Å². The number of nitrogens with zero attached hydrogens (tertiary/aromatic N) is 1. The average Bonchev–Trinajstić information content (AvgIpc) is 2.85. The Bertz CT molecular complexity index is 383. The van der Waals surface area contributed by atoms with E-state index in [0.717, 1.165) is 13.1 Å². The fourth-order valence-electron chi connectivity index (χ4n) is 3.42. The summed E-state index contributed by atoms with van der Waals surface area (Å²) in [6, 6.07) is 0. The zero-order valence-electron chi connectivity index (χ0n) is 16.8. The average molecular weight is 359 g/mol. The van der Waals surface area contributed by atoms with Crippen molar-refractivity contribution in [1.82, 2.24) is 9.62 Å². The van der Waals surface area contributed by atoms with Crippen molar-refractivity contribution in [2.75, 3.05) is 20.1 Å². The molecule has 1 amide bonds. The molecule has 1 saturated carbocycles. The molecule has 1 spiro atoms. The zero-order chi connectivity index (χ0) is 18.4. The minimum absolute atomic E-state index is 0.134. The standard InChI is InChI=1S/C14H25NO2.C5H13NS/c1-13(2,3)17-12(16)15-10-8-14(9-11-15)6-4-5-7-14;1-5(2,3)7-6-4/h4-11H2,1-3H3;6H,1-4H3. The Morgan fingerprint density at radius 3 is 1.83 bits per heavy atom. The van der Waals surface area contributed by atoms with Gasteiger partial charge in [0.2, 0.25) is 0 Å². The van der Waals surface area contributed by atoms with Crippen LogP contribution in [0.25, 0.3) is 0 Å². The van der Waals surface area contributed by atoms with Gasteiger partial charge in [0, 0.05) is 17.8 Å². The first kappa shape index (κ1) is 21.6. The molecule has 0 atom stereocenters. The second-order valence-corrected chi connectivity index (χ2v) is 10.9. The number of ether oxygens (including phenoxy) is 1. The van der Waals surface area contributed by atoms with Crippen molar-refractivity contribution in [2.24, 2.45) is 5.41 Å². The number of hydrogen-bond donors (Lipinski definition) is 1. The van der Waals surface area contributed by atoms with Crippen LogP contribution >= 0.6 is 11.9 Å². The van der Waals surface area contributed by atoms with E-state index in [1.165, 1.54) is 38.5 Å². The lowest BCUT2D eigenvalue weighted by Crippen LogP contribution is -2.44. The maximum atomic E-state index is 11.9. The van der Waals surface area contributed by atoms with E-state index in [9.17, 15) is 4.79 Å². The lowest BCUT2D eigenvalue weighted by Gasteiger charge is -2.39. The highest BCUT2D eigenvalue weighted by atomic mass is 32.2. The summed E-state index contributed by atoms with van der Waals surface area (Å²) < 4.78 is 8.80. The summed E-state index contributed by atoms with van der Waals surface area (Å²) >= 11 is 1.74. The van der Waals surface area contributed by atoms with Gasteiger partial charge in [-0.05, 0) is 79.7 Å². The fraction of sp³-hybridized carbons (Fsp3) is 0.947. The molecular formula is C19H38N2O2S. The van der Waals surface area contributed by atoms with Crippen molar-refractivity contribution in [3.05, 3.63) is 0 Å². The molecule has 1 N–H and O–H groups in total. The molecule has 1 aliphatic heterocycles. The number of hydrogen-bond acceptors (Lipinski definition) is 4. The van der Waals surface area contributed by atoms with E-state index in [-0.39, 0.29) is 11.7 Å². The van der Waals surface area contributed by atoms with Gasteiger partial charge in [-0.3, -0.25) is 4.72 Å². The first-order valence-electron chi connectivity index (χ1n) is 9.29. The van der Waals surface area contributed by atoms with Gasteiger partial charge < -0.3 is 9.64 Å². The van der Waals surface area contributed by atoms with Gasteiger partial charge in [0.05, 0.1) is 0 Å². The third kappa shape index (κ3) is 8.11. The predicted octanol–water partition coefficient (Wildman–Crippen LogP) is 5.23. The van der Waals surface area contributed by atoms with Crippen molar-refractivity contribution in [3.63, 3.8) is 0 Å². The first-order valence-corrected chi connectivity index (χ1v) is 10.1. The van der Waals surface area contributed by atoms with Crippen molar-refractivity contribution < 1.29 is 9.53 Å². The molecule has 1 saturated heterocycles. The fourth-order valence-corrected chi connectivity index (χ4v) is 4.03. The number of nitrogens with one attached hydrogen (secondary N) is 1. The number of carbonyl (C=O) groups excluding carboxylic acids is 1. The second-order valence-electron chi connectivity index (χ2n) is 9.09. The summed E-state index contributed by atoms with van der Waals surface area (Å²) in [6.07, 6.45) is 7.71. The molecule has 0 bridgehead atoms. The maximum Gasteiger partial charge on any atom is 0.410 e. The van der Waals surface area contributed by atoms with Crippen LogP contribution in [0.2, 0.25) is 0 Å². The zero-order valence-corrected chi connectivity index (χ0v) is 17.6. The van der Waals surface area contributed by atoms with Gasteiger partial charge in [-0.25, -0.2) is 4.79 Å². The minimum Gasteiger partial charge on any atom is -0.444 e. The van der Waals surface area contributed by atoms with Gasteiger partial charge in [-0.15, -0.1) is 0 Å². The highest BCUT2D eigenvalue weighted by Crippen LogP contribution is 2.46.